The van der Waals surface area contributed by atoms with Gasteiger partial charge in [-0.1, -0.05) is 0 Å². The summed E-state index contributed by atoms with van der Waals surface area (Å²) in [4.78, 5) is 15.1. The van der Waals surface area contributed by atoms with E-state index in [2.05, 4.69) is 21.9 Å². The van der Waals surface area contributed by atoms with E-state index in [9.17, 15) is 18.0 Å². The number of hydrogen-bond donors (Lipinski definition) is 1. The third kappa shape index (κ3) is 5.49. The van der Waals surface area contributed by atoms with Crippen LogP contribution in [0.4, 0.5) is 13.2 Å². The Morgan fingerprint density at radius 1 is 1.24 bits per heavy atom. The molecule has 0 unspecified atom stereocenters. The Morgan fingerprint density at radius 2 is 2.03 bits per heavy atom. The number of amides is 1. The number of likely N-dealkylation sites (tertiary alicyclic amines) is 1. The van der Waals surface area contributed by atoms with Crippen molar-refractivity contribution < 1.29 is 36.6 Å². The molecule has 10 heteroatoms. The average Bonchev–Trinajstić information content (AvgIpc) is 3.21. The van der Waals surface area contributed by atoms with E-state index in [1.165, 1.54) is 32.3 Å². The number of nitrogens with one attached hydrogen (secondary N) is 1. The van der Waals surface area contributed by atoms with Gasteiger partial charge in [0.05, 0.1) is 19.4 Å². The lowest BCUT2D eigenvalue weighted by Gasteiger charge is -2.20. The first-order chi connectivity index (χ1) is 17.8. The Morgan fingerprint density at radius 3 is 2.70 bits per heavy atom. The van der Waals surface area contributed by atoms with E-state index < -0.39 is 24.7 Å². The highest BCUT2D eigenvalue weighted by molar-refractivity contribution is 6.02. The number of ether oxygens (including phenoxy) is 3. The maximum atomic E-state index is 13.3. The lowest BCUT2D eigenvalue weighted by Crippen LogP contribution is -2.31. The number of nitrogens with zero attached hydrogens (tertiary/aromatic N) is 1. The second-order valence-electron chi connectivity index (χ2n) is 9.44. The van der Waals surface area contributed by atoms with Gasteiger partial charge in [-0.25, -0.2) is 4.39 Å². The maximum absolute atomic E-state index is 13.3. The SMILES string of the molecule is COc1cc(-c2coc3cc(OCCN4CCC[C@@H]4C)ccc23)cc(OC(F)F)c1C(=O)N[C@@H]1C[C@@H]1F. The summed E-state index contributed by atoms with van der Waals surface area (Å²) >= 11 is 0. The molecule has 0 radical (unpaired) electrons. The van der Waals surface area contributed by atoms with Gasteiger partial charge in [0.25, 0.3) is 5.91 Å². The molecule has 198 valence electrons. The van der Waals surface area contributed by atoms with Crippen molar-refractivity contribution in [2.75, 3.05) is 26.8 Å². The number of carbonyl (C=O) groups is 1. The van der Waals surface area contributed by atoms with Crippen LogP contribution in [0.5, 0.6) is 17.2 Å². The molecule has 2 aliphatic rings. The van der Waals surface area contributed by atoms with Gasteiger partial charge in [0, 0.05) is 36.0 Å². The molecule has 1 aliphatic carbocycles. The highest BCUT2D eigenvalue weighted by Gasteiger charge is 2.40. The Bertz CT molecular complexity index is 1280. The van der Waals surface area contributed by atoms with Crippen LogP contribution in [0.15, 0.2) is 41.0 Å². The smallest absolute Gasteiger partial charge is 0.387 e. The van der Waals surface area contributed by atoms with Gasteiger partial charge in [-0.05, 0) is 56.1 Å². The molecule has 2 heterocycles. The predicted octanol–water partition coefficient (Wildman–Crippen LogP) is 5.41. The van der Waals surface area contributed by atoms with Crippen LogP contribution in [-0.4, -0.2) is 62.5 Å². The van der Waals surface area contributed by atoms with E-state index in [-0.39, 0.29) is 23.5 Å². The second kappa shape index (κ2) is 10.5. The van der Waals surface area contributed by atoms with Gasteiger partial charge in [0.1, 0.15) is 41.2 Å². The first-order valence-corrected chi connectivity index (χ1v) is 12.3. The molecule has 0 spiro atoms. The van der Waals surface area contributed by atoms with Crippen molar-refractivity contribution >= 4 is 16.9 Å². The molecule has 5 rings (SSSR count). The number of halogens is 3. The molecule has 7 nitrogen and oxygen atoms in total. The van der Waals surface area contributed by atoms with Crippen LogP contribution in [0.25, 0.3) is 22.1 Å². The molecule has 0 bridgehead atoms. The quantitative estimate of drug-likeness (QED) is 0.387. The van der Waals surface area contributed by atoms with Gasteiger partial charge in [0.2, 0.25) is 0 Å². The van der Waals surface area contributed by atoms with Crippen molar-refractivity contribution in [3.05, 3.63) is 42.2 Å². The summed E-state index contributed by atoms with van der Waals surface area (Å²) in [6, 6.07) is 8.23. The molecule has 2 fully saturated rings. The molecule has 1 amide bonds. The molecule has 3 aromatic rings. The summed E-state index contributed by atoms with van der Waals surface area (Å²) in [5, 5.41) is 3.20. The van der Waals surface area contributed by atoms with E-state index in [0.717, 1.165) is 18.5 Å². The van der Waals surface area contributed by atoms with Crippen LogP contribution in [0.1, 0.15) is 36.5 Å². The van der Waals surface area contributed by atoms with Crippen molar-refractivity contribution in [1.29, 1.82) is 0 Å². The van der Waals surface area contributed by atoms with Crippen molar-refractivity contribution in [3.63, 3.8) is 0 Å². The first kappa shape index (κ1) is 25.3. The minimum atomic E-state index is -3.18. The molecule has 37 heavy (non-hydrogen) atoms. The van der Waals surface area contributed by atoms with Crippen molar-refractivity contribution in [2.24, 2.45) is 0 Å². The third-order valence-corrected chi connectivity index (χ3v) is 6.95. The Balaban J connectivity index is 1.40. The molecular formula is C27H29F3N2O5. The molecule has 1 aromatic heterocycles. The molecule has 1 saturated heterocycles. The van der Waals surface area contributed by atoms with Crippen molar-refractivity contribution in [2.45, 2.75) is 51.1 Å². The number of rotatable bonds is 10. The number of furan rings is 1. The molecule has 3 atom stereocenters. The van der Waals surface area contributed by atoms with E-state index >= 15 is 0 Å². The van der Waals surface area contributed by atoms with E-state index in [0.29, 0.717) is 35.1 Å². The predicted molar refractivity (Wildman–Crippen MR) is 131 cm³/mol. The van der Waals surface area contributed by atoms with Crippen molar-refractivity contribution in [3.8, 4) is 28.4 Å². The lowest BCUT2D eigenvalue weighted by molar-refractivity contribution is -0.0502. The fourth-order valence-corrected chi connectivity index (χ4v) is 4.80. The summed E-state index contributed by atoms with van der Waals surface area (Å²) in [5.41, 5.74) is 1.39. The maximum Gasteiger partial charge on any atom is 0.387 e. The zero-order chi connectivity index (χ0) is 26.1. The average molecular weight is 519 g/mol. The number of carbonyl (C=O) groups excluding carboxylic acids is 1. The van der Waals surface area contributed by atoms with Gasteiger partial charge < -0.3 is 23.9 Å². The number of fused-ring (bicyclic) bond motifs is 1. The molecule has 1 N–H and O–H groups in total. The zero-order valence-electron chi connectivity index (χ0n) is 20.6. The minimum Gasteiger partial charge on any atom is -0.496 e. The lowest BCUT2D eigenvalue weighted by atomic mass is 10.0. The summed E-state index contributed by atoms with van der Waals surface area (Å²) in [5.74, 6) is -0.431. The van der Waals surface area contributed by atoms with Gasteiger partial charge in [-0.2, -0.15) is 8.78 Å². The minimum absolute atomic E-state index is 0.0205. The van der Waals surface area contributed by atoms with Crippen LogP contribution < -0.4 is 19.5 Å². The van der Waals surface area contributed by atoms with Crippen LogP contribution in [-0.2, 0) is 0 Å². The molecule has 1 saturated carbocycles. The molecule has 1 aliphatic heterocycles. The zero-order valence-corrected chi connectivity index (χ0v) is 20.6. The normalized spacial score (nSPS) is 21.4. The highest BCUT2D eigenvalue weighted by atomic mass is 19.3. The number of methoxy groups -OCH3 is 1. The van der Waals surface area contributed by atoms with Crippen molar-refractivity contribution in [1.82, 2.24) is 10.2 Å². The van der Waals surface area contributed by atoms with E-state index in [4.69, 9.17) is 13.9 Å². The van der Waals surface area contributed by atoms with Gasteiger partial charge in [-0.15, -0.1) is 0 Å². The fourth-order valence-electron chi connectivity index (χ4n) is 4.80. The first-order valence-electron chi connectivity index (χ1n) is 12.3. The number of benzene rings is 2. The fraction of sp³-hybridized carbons (Fsp3) is 0.444. The number of hydrogen-bond acceptors (Lipinski definition) is 6. The highest BCUT2D eigenvalue weighted by Crippen LogP contribution is 2.40. The van der Waals surface area contributed by atoms with E-state index in [1.807, 2.05) is 12.1 Å². The summed E-state index contributed by atoms with van der Waals surface area (Å²) in [6.45, 7) is 1.54. The topological polar surface area (TPSA) is 73.2 Å². The monoisotopic (exact) mass is 518 g/mol. The van der Waals surface area contributed by atoms with Crippen LogP contribution in [0.3, 0.4) is 0 Å². The summed E-state index contributed by atoms with van der Waals surface area (Å²) in [7, 11) is 1.32. The molecular weight excluding hydrogens is 489 g/mol. The van der Waals surface area contributed by atoms with Crippen LogP contribution >= 0.6 is 0 Å². The Hall–Kier alpha value is -3.40. The molecule has 2 aromatic carbocycles. The summed E-state index contributed by atoms with van der Waals surface area (Å²) < 4.78 is 61.5. The van der Waals surface area contributed by atoms with Crippen LogP contribution in [0.2, 0.25) is 0 Å². The van der Waals surface area contributed by atoms with Crippen LogP contribution in [0, 0.1) is 0 Å². The third-order valence-electron chi connectivity index (χ3n) is 6.95. The van der Waals surface area contributed by atoms with Gasteiger partial charge in [0.15, 0.2) is 0 Å². The standard InChI is InChI=1S/C27H29F3N2O5/c1-15-4-3-7-32(15)8-9-35-17-5-6-18-19(14-36-22(18)12-17)16-10-23(34-2)25(24(11-16)37-27(29)30)26(33)31-21-13-20(21)28/h5-6,10-12,14-15,20-21,27H,3-4,7-9,13H2,1-2H3,(H,31,33)/t15-,20-,21+/m0/s1. The largest absolute Gasteiger partial charge is 0.496 e. The van der Waals surface area contributed by atoms with E-state index in [1.54, 1.807) is 12.1 Å². The Kier molecular flexibility index (Phi) is 7.19. The van der Waals surface area contributed by atoms with Gasteiger partial charge >= 0.3 is 6.61 Å². The summed E-state index contributed by atoms with van der Waals surface area (Å²) in [6.07, 6.45) is 2.95. The second-order valence-corrected chi connectivity index (χ2v) is 9.44. The van der Waals surface area contributed by atoms with Gasteiger partial charge in [-0.3, -0.25) is 9.69 Å². The number of alkyl halides is 3. The Labute approximate surface area is 212 Å².